The second kappa shape index (κ2) is 7.87. The number of nitrogens with zero attached hydrogens (tertiary/aromatic N) is 2. The molecule has 2 aromatic rings. The maximum Gasteiger partial charge on any atom is 0.274 e. The predicted molar refractivity (Wildman–Crippen MR) is 117 cm³/mol. The topological polar surface area (TPSA) is 87.4 Å². The number of hydrogen-bond donors (Lipinski definition) is 3. The Labute approximate surface area is 186 Å². The van der Waals surface area contributed by atoms with Gasteiger partial charge in [0.2, 0.25) is 0 Å². The molecule has 6 nitrogen and oxygen atoms in total. The van der Waals surface area contributed by atoms with Gasteiger partial charge in [0.05, 0.1) is 28.2 Å². The van der Waals surface area contributed by atoms with Crippen LogP contribution in [0, 0.1) is 17.7 Å². The van der Waals surface area contributed by atoms with Gasteiger partial charge in [0.15, 0.2) is 0 Å². The van der Waals surface area contributed by atoms with E-state index < -0.39 is 17.0 Å². The Morgan fingerprint density at radius 1 is 1.35 bits per heavy atom. The summed E-state index contributed by atoms with van der Waals surface area (Å²) in [5.41, 5.74) is -0.0677. The molecule has 1 amide bonds. The lowest BCUT2D eigenvalue weighted by atomic mass is 9.84. The van der Waals surface area contributed by atoms with Crippen LogP contribution in [0.3, 0.4) is 0 Å². The van der Waals surface area contributed by atoms with Crippen LogP contribution in [0.5, 0.6) is 0 Å². The van der Waals surface area contributed by atoms with Crippen LogP contribution in [0.2, 0.25) is 5.02 Å². The highest BCUT2D eigenvalue weighted by atomic mass is 35.5. The number of hydrogen-bond acceptors (Lipinski definition) is 4. The number of benzene rings is 1. The van der Waals surface area contributed by atoms with Crippen LogP contribution >= 0.6 is 11.6 Å². The largest absolute Gasteiger partial charge is 0.390 e. The normalized spacial score (nSPS) is 28.0. The fourth-order valence-electron chi connectivity index (χ4n) is 5.73. The molecule has 0 radical (unpaired) electrons. The van der Waals surface area contributed by atoms with Gasteiger partial charge in [-0.3, -0.25) is 4.79 Å². The summed E-state index contributed by atoms with van der Waals surface area (Å²) in [5, 5.41) is 23.8. The number of nitrogens with one attached hydrogen (secondary N) is 1. The van der Waals surface area contributed by atoms with Crippen molar-refractivity contribution in [3.05, 3.63) is 46.8 Å². The molecule has 8 heteroatoms. The standard InChI is InChI=1S/C23H29ClFN3O3/c1-22(2,30)11-23(31)9-14-6-13(7-15(14)10-23)19-20(28(3)12-26-19)21(29)27-16-4-5-18(25)17(24)8-16/h4-5,8,12-15,30-31H,6-7,9-11H2,1-3H3,(H,27,29). The second-order valence-electron chi connectivity index (χ2n) is 9.98. The average molecular weight is 450 g/mol. The Hall–Kier alpha value is -1.96. The molecule has 0 bridgehead atoms. The van der Waals surface area contributed by atoms with Crippen molar-refractivity contribution in [1.82, 2.24) is 9.55 Å². The highest BCUT2D eigenvalue weighted by Crippen LogP contribution is 2.55. The zero-order valence-corrected chi connectivity index (χ0v) is 18.8. The van der Waals surface area contributed by atoms with Gasteiger partial charge in [-0.2, -0.15) is 0 Å². The quantitative estimate of drug-likeness (QED) is 0.636. The summed E-state index contributed by atoms with van der Waals surface area (Å²) in [5.74, 6) is -0.00557. The summed E-state index contributed by atoms with van der Waals surface area (Å²) >= 11 is 5.83. The van der Waals surface area contributed by atoms with E-state index in [1.54, 1.807) is 31.8 Å². The molecule has 3 N–H and O–H groups in total. The number of fused-ring (bicyclic) bond motifs is 1. The first-order chi connectivity index (χ1) is 14.4. The predicted octanol–water partition coefficient (Wildman–Crippen LogP) is 4.26. The monoisotopic (exact) mass is 449 g/mol. The van der Waals surface area contributed by atoms with E-state index in [9.17, 15) is 19.4 Å². The van der Waals surface area contributed by atoms with Gasteiger partial charge < -0.3 is 20.1 Å². The molecule has 1 aromatic carbocycles. The lowest BCUT2D eigenvalue weighted by Crippen LogP contribution is -2.36. The third kappa shape index (κ3) is 4.64. The molecular weight excluding hydrogens is 421 g/mol. The minimum atomic E-state index is -0.901. The Balaban J connectivity index is 1.48. The Morgan fingerprint density at radius 3 is 2.58 bits per heavy atom. The first kappa shape index (κ1) is 22.2. The third-order valence-electron chi connectivity index (χ3n) is 6.63. The van der Waals surface area contributed by atoms with Gasteiger partial charge in [-0.1, -0.05) is 11.6 Å². The van der Waals surface area contributed by atoms with E-state index >= 15 is 0 Å². The molecule has 2 unspecified atom stereocenters. The van der Waals surface area contributed by atoms with Crippen molar-refractivity contribution >= 4 is 23.2 Å². The number of amides is 1. The minimum absolute atomic E-state index is 0.0507. The Kier molecular flexibility index (Phi) is 5.65. The molecule has 1 aromatic heterocycles. The van der Waals surface area contributed by atoms with Crippen molar-refractivity contribution in [2.75, 3.05) is 5.32 Å². The van der Waals surface area contributed by atoms with Crippen LogP contribution in [0.15, 0.2) is 24.5 Å². The van der Waals surface area contributed by atoms with Crippen molar-refractivity contribution < 1.29 is 19.4 Å². The molecule has 2 saturated carbocycles. The van der Waals surface area contributed by atoms with Crippen molar-refractivity contribution in [3.8, 4) is 0 Å². The molecule has 0 aliphatic heterocycles. The van der Waals surface area contributed by atoms with Gasteiger partial charge in [-0.05, 0) is 69.6 Å². The fourth-order valence-corrected chi connectivity index (χ4v) is 5.91. The van der Waals surface area contributed by atoms with E-state index in [1.165, 1.54) is 18.2 Å². The molecule has 2 aliphatic carbocycles. The molecule has 31 heavy (non-hydrogen) atoms. The number of aryl methyl sites for hydroxylation is 1. The number of carbonyl (C=O) groups is 1. The molecule has 1 heterocycles. The molecule has 0 spiro atoms. The maximum absolute atomic E-state index is 13.4. The van der Waals surface area contributed by atoms with E-state index in [0.717, 1.165) is 18.5 Å². The lowest BCUT2D eigenvalue weighted by Gasteiger charge is -2.31. The van der Waals surface area contributed by atoms with Gasteiger partial charge in [-0.15, -0.1) is 0 Å². The van der Waals surface area contributed by atoms with Gasteiger partial charge in [0.25, 0.3) is 5.91 Å². The van der Waals surface area contributed by atoms with Crippen molar-refractivity contribution in [3.63, 3.8) is 0 Å². The first-order valence-corrected chi connectivity index (χ1v) is 11.0. The van der Waals surface area contributed by atoms with Crippen molar-refractivity contribution in [2.24, 2.45) is 18.9 Å². The Morgan fingerprint density at radius 2 is 2.00 bits per heavy atom. The number of anilines is 1. The van der Waals surface area contributed by atoms with E-state index in [0.29, 0.717) is 42.5 Å². The second-order valence-corrected chi connectivity index (χ2v) is 10.4. The fraction of sp³-hybridized carbons (Fsp3) is 0.565. The van der Waals surface area contributed by atoms with Gasteiger partial charge >= 0.3 is 0 Å². The van der Waals surface area contributed by atoms with Crippen LogP contribution in [-0.4, -0.2) is 36.9 Å². The molecular formula is C23H29ClFN3O3. The van der Waals surface area contributed by atoms with Crippen LogP contribution in [-0.2, 0) is 7.05 Å². The summed E-state index contributed by atoms with van der Waals surface area (Å²) < 4.78 is 15.1. The summed E-state index contributed by atoms with van der Waals surface area (Å²) in [6.07, 6.45) is 5.06. The van der Waals surface area contributed by atoms with E-state index in [1.807, 2.05) is 0 Å². The molecule has 2 aliphatic rings. The Bertz CT molecular complexity index is 986. The number of rotatable bonds is 5. The zero-order chi connectivity index (χ0) is 22.6. The summed E-state index contributed by atoms with van der Waals surface area (Å²) in [4.78, 5) is 17.5. The van der Waals surface area contributed by atoms with E-state index in [4.69, 9.17) is 11.6 Å². The molecule has 2 fully saturated rings. The molecule has 0 saturated heterocycles. The van der Waals surface area contributed by atoms with E-state index in [-0.39, 0.29) is 16.8 Å². The summed E-state index contributed by atoms with van der Waals surface area (Å²) in [7, 11) is 1.78. The number of aromatic nitrogens is 2. The summed E-state index contributed by atoms with van der Waals surface area (Å²) in [6, 6.07) is 4.07. The summed E-state index contributed by atoms with van der Waals surface area (Å²) in [6.45, 7) is 3.46. The maximum atomic E-state index is 13.4. The number of imidazole rings is 1. The number of halogens is 2. The van der Waals surface area contributed by atoms with Crippen LogP contribution in [0.1, 0.15) is 68.1 Å². The van der Waals surface area contributed by atoms with Crippen LogP contribution < -0.4 is 5.32 Å². The van der Waals surface area contributed by atoms with Crippen molar-refractivity contribution in [1.29, 1.82) is 0 Å². The lowest BCUT2D eigenvalue weighted by molar-refractivity contribution is -0.0469. The van der Waals surface area contributed by atoms with Crippen LogP contribution in [0.4, 0.5) is 10.1 Å². The SMILES string of the molecule is Cn1cnc(C2CC3CC(O)(CC(C)(C)O)CC3C2)c1C(=O)Nc1ccc(F)c(Cl)c1. The van der Waals surface area contributed by atoms with E-state index in [2.05, 4.69) is 10.3 Å². The highest BCUT2D eigenvalue weighted by Gasteiger charge is 2.51. The minimum Gasteiger partial charge on any atom is -0.390 e. The number of carbonyl (C=O) groups excluding carboxylic acids is 1. The molecule has 4 rings (SSSR count). The molecule has 2 atom stereocenters. The smallest absolute Gasteiger partial charge is 0.274 e. The first-order valence-electron chi connectivity index (χ1n) is 10.7. The molecule has 168 valence electrons. The van der Waals surface area contributed by atoms with Crippen molar-refractivity contribution in [2.45, 2.75) is 63.1 Å². The third-order valence-corrected chi connectivity index (χ3v) is 6.92. The van der Waals surface area contributed by atoms with Gasteiger partial charge in [0, 0.05) is 25.1 Å². The van der Waals surface area contributed by atoms with Crippen LogP contribution in [0.25, 0.3) is 0 Å². The van der Waals surface area contributed by atoms with Gasteiger partial charge in [-0.25, -0.2) is 9.37 Å². The highest BCUT2D eigenvalue weighted by molar-refractivity contribution is 6.31. The number of aliphatic hydroxyl groups is 2. The average Bonchev–Trinajstić information content (AvgIpc) is 3.27. The zero-order valence-electron chi connectivity index (χ0n) is 18.0. The van der Waals surface area contributed by atoms with Gasteiger partial charge in [0.1, 0.15) is 11.5 Å².